The molecule has 0 fully saturated rings. The second-order valence-corrected chi connectivity index (χ2v) is 12.7. The summed E-state index contributed by atoms with van der Waals surface area (Å²) < 4.78 is 19.1. The number of carbonyl (C=O) groups excluding carboxylic acids is 1. The molecule has 0 unspecified atom stereocenters. The smallest absolute Gasteiger partial charge is 0.336 e. The van der Waals surface area contributed by atoms with Crippen molar-refractivity contribution in [3.8, 4) is 5.75 Å². The van der Waals surface area contributed by atoms with E-state index in [1.54, 1.807) is 18.4 Å². The number of allylic oxidation sites excluding steroid dienone is 9. The van der Waals surface area contributed by atoms with E-state index in [0.717, 1.165) is 21.9 Å². The summed E-state index contributed by atoms with van der Waals surface area (Å²) in [6, 6.07) is 10.6. The van der Waals surface area contributed by atoms with Gasteiger partial charge in [-0.2, -0.15) is 0 Å². The van der Waals surface area contributed by atoms with Crippen LogP contribution >= 0.6 is 0 Å². The number of nitrogens with one attached hydrogen (secondary N) is 1. The molecule has 7 nitrogen and oxygen atoms in total. The highest BCUT2D eigenvalue weighted by atomic mass is 79.9. The van der Waals surface area contributed by atoms with Crippen molar-refractivity contribution in [2.24, 2.45) is 5.41 Å². The molecule has 47 heavy (non-hydrogen) atoms. The van der Waals surface area contributed by atoms with Crippen molar-refractivity contribution in [3.63, 3.8) is 0 Å². The summed E-state index contributed by atoms with van der Waals surface area (Å²) >= 11 is 0. The van der Waals surface area contributed by atoms with Gasteiger partial charge >= 0.3 is 5.63 Å². The third-order valence-corrected chi connectivity index (χ3v) is 8.38. The fraction of sp³-hybridized carbons (Fsp3) is 0.308. The summed E-state index contributed by atoms with van der Waals surface area (Å²) in [5, 5.41) is 4.58. The van der Waals surface area contributed by atoms with Crippen molar-refractivity contribution in [2.75, 3.05) is 11.9 Å². The van der Waals surface area contributed by atoms with Gasteiger partial charge in [0.05, 0.1) is 18.6 Å². The van der Waals surface area contributed by atoms with E-state index in [4.69, 9.17) is 13.6 Å². The Kier molecular flexibility index (Phi) is 12.0. The van der Waals surface area contributed by atoms with Crippen molar-refractivity contribution < 1.29 is 39.9 Å². The van der Waals surface area contributed by atoms with Crippen LogP contribution in [0.2, 0.25) is 0 Å². The number of amides is 1. The molecule has 246 valence electrons. The van der Waals surface area contributed by atoms with Gasteiger partial charge in [-0.25, -0.2) is 9.36 Å². The number of halogens is 1. The van der Waals surface area contributed by atoms with E-state index in [2.05, 4.69) is 51.2 Å². The Balaban J connectivity index is 0.00000500. The van der Waals surface area contributed by atoms with Gasteiger partial charge in [-0.15, -0.1) is 0 Å². The number of benzene rings is 1. The van der Waals surface area contributed by atoms with E-state index in [0.29, 0.717) is 42.2 Å². The second kappa shape index (κ2) is 15.9. The molecule has 0 radical (unpaired) electrons. The van der Waals surface area contributed by atoms with E-state index >= 15 is 0 Å². The number of hydrogen-bond donors (Lipinski definition) is 1. The van der Waals surface area contributed by atoms with Crippen LogP contribution in [0.15, 0.2) is 127 Å². The van der Waals surface area contributed by atoms with Gasteiger partial charge in [0, 0.05) is 41.5 Å². The van der Waals surface area contributed by atoms with Gasteiger partial charge in [0.1, 0.15) is 0 Å². The zero-order valence-corrected chi connectivity index (χ0v) is 29.4. The fourth-order valence-electron chi connectivity index (χ4n) is 5.91. The van der Waals surface area contributed by atoms with Gasteiger partial charge in [-0.3, -0.25) is 4.79 Å². The SMILES string of the molecule is CC1=C(/C=C/C(C)=C/C=C\C(C)=C/C(=O)Nc2cc[n+](CCCOc3c4occc4cc4ccc(=O)oc34)cc2)C(C)(C)CCC1.[Br-]. The lowest BCUT2D eigenvalue weighted by Crippen LogP contribution is -3.00. The first-order valence-corrected chi connectivity index (χ1v) is 15.9. The minimum Gasteiger partial charge on any atom is -1.00 e. The lowest BCUT2D eigenvalue weighted by Gasteiger charge is -2.32. The van der Waals surface area contributed by atoms with Gasteiger partial charge < -0.3 is 35.9 Å². The molecule has 0 aliphatic heterocycles. The molecular formula is C39H43BrN2O5. The molecule has 3 heterocycles. The molecule has 0 saturated carbocycles. The van der Waals surface area contributed by atoms with Crippen LogP contribution in [0.1, 0.15) is 60.3 Å². The number of nitrogens with zero attached hydrogens (tertiary/aromatic N) is 1. The van der Waals surface area contributed by atoms with Gasteiger partial charge in [0.2, 0.25) is 11.7 Å². The van der Waals surface area contributed by atoms with Crippen LogP contribution < -0.4 is 37.2 Å². The number of aromatic nitrogens is 1. The maximum Gasteiger partial charge on any atom is 0.336 e. The molecule has 1 aliphatic carbocycles. The summed E-state index contributed by atoms with van der Waals surface area (Å²) in [6.07, 6.45) is 21.8. The number of anilines is 1. The van der Waals surface area contributed by atoms with Crippen LogP contribution in [0.25, 0.3) is 21.9 Å². The summed E-state index contributed by atoms with van der Waals surface area (Å²) in [5.41, 5.74) is 6.41. The first-order valence-electron chi connectivity index (χ1n) is 15.9. The summed E-state index contributed by atoms with van der Waals surface area (Å²) in [5.74, 6) is 0.257. The number of rotatable bonds is 11. The molecule has 4 aromatic rings. The quantitative estimate of drug-likeness (QED) is 0.0707. The molecule has 0 atom stereocenters. The Morgan fingerprint density at radius 3 is 2.57 bits per heavy atom. The lowest BCUT2D eigenvalue weighted by molar-refractivity contribution is -0.697. The van der Waals surface area contributed by atoms with E-state index in [9.17, 15) is 9.59 Å². The fourth-order valence-corrected chi connectivity index (χ4v) is 5.91. The highest BCUT2D eigenvalue weighted by Crippen LogP contribution is 2.41. The third kappa shape index (κ3) is 9.32. The number of furan rings is 1. The normalized spacial score (nSPS) is 15.5. The topological polar surface area (TPSA) is 85.6 Å². The highest BCUT2D eigenvalue weighted by Gasteiger charge is 2.26. The number of pyridine rings is 1. The van der Waals surface area contributed by atoms with Gasteiger partial charge in [-0.05, 0) is 74.8 Å². The number of carbonyl (C=O) groups is 1. The van der Waals surface area contributed by atoms with Crippen molar-refractivity contribution >= 4 is 33.5 Å². The lowest BCUT2D eigenvalue weighted by atomic mass is 9.72. The molecule has 5 rings (SSSR count). The average Bonchev–Trinajstić information content (AvgIpc) is 3.47. The Morgan fingerprint density at radius 2 is 1.81 bits per heavy atom. The first-order chi connectivity index (χ1) is 22.1. The summed E-state index contributed by atoms with van der Waals surface area (Å²) in [6.45, 7) is 12.0. The van der Waals surface area contributed by atoms with Crippen molar-refractivity contribution in [1.82, 2.24) is 0 Å². The predicted octanol–water partition coefficient (Wildman–Crippen LogP) is 5.77. The van der Waals surface area contributed by atoms with E-state index in [-0.39, 0.29) is 28.3 Å². The van der Waals surface area contributed by atoms with Crippen LogP contribution in [0, 0.1) is 5.41 Å². The number of aryl methyl sites for hydroxylation is 1. The van der Waals surface area contributed by atoms with E-state index in [1.807, 2.05) is 60.3 Å². The molecule has 8 heteroatoms. The monoisotopic (exact) mass is 698 g/mol. The van der Waals surface area contributed by atoms with Crippen LogP contribution in [-0.2, 0) is 11.3 Å². The largest absolute Gasteiger partial charge is 1.00 e. The molecular weight excluding hydrogens is 656 g/mol. The van der Waals surface area contributed by atoms with Gasteiger partial charge in [-0.1, -0.05) is 55.4 Å². The summed E-state index contributed by atoms with van der Waals surface area (Å²) in [4.78, 5) is 24.4. The molecule has 0 saturated heterocycles. The highest BCUT2D eigenvalue weighted by molar-refractivity contribution is 6.00. The molecule has 0 bridgehead atoms. The molecule has 1 N–H and O–H groups in total. The molecule has 0 spiro atoms. The van der Waals surface area contributed by atoms with Crippen LogP contribution in [0.5, 0.6) is 5.75 Å². The van der Waals surface area contributed by atoms with E-state index in [1.165, 1.54) is 36.5 Å². The van der Waals surface area contributed by atoms with Crippen LogP contribution in [0.3, 0.4) is 0 Å². The number of fused-ring (bicyclic) bond motifs is 2. The molecule has 1 aliphatic rings. The zero-order chi connectivity index (χ0) is 32.7. The van der Waals surface area contributed by atoms with Crippen LogP contribution in [-0.4, -0.2) is 12.5 Å². The van der Waals surface area contributed by atoms with Crippen molar-refractivity contribution in [2.45, 2.75) is 66.8 Å². The maximum absolute atomic E-state index is 12.6. The zero-order valence-electron chi connectivity index (χ0n) is 27.8. The standard InChI is InChI=1S/C39H42N2O5.BrH/c1-27(12-14-33-29(3)11-7-19-39(33,4)5)9-6-10-28(2)25-34(42)40-32-16-21-41(22-17-32)20-8-23-44-38-36-31(18-24-45-36)26-30-13-15-35(43)46-37(30)38;/h6,9-10,12-18,21-22,24-26H,7-8,11,19-20,23H2,1-5H3;1H/b10-6-,14-12+,27-9+,28-25-;. The van der Waals surface area contributed by atoms with Gasteiger partial charge in [0.15, 0.2) is 30.1 Å². The molecule has 1 amide bonds. The van der Waals surface area contributed by atoms with E-state index < -0.39 is 5.63 Å². The summed E-state index contributed by atoms with van der Waals surface area (Å²) in [7, 11) is 0. The van der Waals surface area contributed by atoms with Crippen molar-refractivity contribution in [3.05, 3.63) is 124 Å². The Morgan fingerprint density at radius 1 is 1.04 bits per heavy atom. The van der Waals surface area contributed by atoms with Crippen LogP contribution in [0.4, 0.5) is 5.69 Å². The van der Waals surface area contributed by atoms with Crippen molar-refractivity contribution in [1.29, 1.82) is 0 Å². The van der Waals surface area contributed by atoms with Gasteiger partial charge in [0.25, 0.3) is 0 Å². The number of ether oxygens (including phenoxy) is 1. The minimum absolute atomic E-state index is 0. The Hall–Kier alpha value is -4.43. The predicted molar refractivity (Wildman–Crippen MR) is 184 cm³/mol. The Labute approximate surface area is 286 Å². The minimum atomic E-state index is -0.439. The second-order valence-electron chi connectivity index (χ2n) is 12.7. The average molecular weight is 700 g/mol. The molecule has 3 aromatic heterocycles. The molecule has 1 aromatic carbocycles. The third-order valence-electron chi connectivity index (χ3n) is 8.38. The maximum atomic E-state index is 12.6. The number of hydrogen-bond acceptors (Lipinski definition) is 5. The Bertz CT molecular complexity index is 1940. The first kappa shape index (κ1) is 35.4.